The van der Waals surface area contributed by atoms with Gasteiger partial charge in [0.2, 0.25) is 0 Å². The standard InChI is InChI=1S/C22H33N3O/c1-6-7-8-12-21(22(26)23-3)18(2)15-16-24-20-11-9-10-19(13-14-20)17-25(4)5/h6-7,10,12-16,20,24H,2,8-9,11,17H2,1,3-5H3,(H,23,26)/b7-6-,16-15+,21-12+. The molecule has 0 spiro atoms. The number of carbonyl (C=O) groups is 1. The van der Waals surface area contributed by atoms with Gasteiger partial charge in [0.15, 0.2) is 0 Å². The fourth-order valence-corrected chi connectivity index (χ4v) is 2.66. The highest BCUT2D eigenvalue weighted by Gasteiger charge is 2.09. The normalized spacial score (nSPS) is 18.3. The monoisotopic (exact) mass is 355 g/mol. The van der Waals surface area contributed by atoms with Crippen molar-refractivity contribution in [1.82, 2.24) is 15.5 Å². The molecule has 0 aliphatic heterocycles. The summed E-state index contributed by atoms with van der Waals surface area (Å²) in [6.07, 6.45) is 19.1. The Morgan fingerprint density at radius 2 is 2.19 bits per heavy atom. The van der Waals surface area contributed by atoms with Gasteiger partial charge in [0.25, 0.3) is 5.91 Å². The third-order valence-electron chi connectivity index (χ3n) is 4.03. The van der Waals surface area contributed by atoms with Crippen LogP contribution in [0.3, 0.4) is 0 Å². The highest BCUT2D eigenvalue weighted by Crippen LogP contribution is 2.13. The lowest BCUT2D eigenvalue weighted by Gasteiger charge is -2.11. The summed E-state index contributed by atoms with van der Waals surface area (Å²) in [6.45, 7) is 6.96. The van der Waals surface area contributed by atoms with Crippen molar-refractivity contribution >= 4 is 5.91 Å². The molecule has 0 aromatic rings. The molecule has 142 valence electrons. The van der Waals surface area contributed by atoms with Crippen molar-refractivity contribution in [2.75, 3.05) is 27.7 Å². The van der Waals surface area contributed by atoms with E-state index in [2.05, 4.69) is 54.4 Å². The maximum absolute atomic E-state index is 12.0. The zero-order chi connectivity index (χ0) is 19.4. The molecule has 0 aromatic heterocycles. The van der Waals surface area contributed by atoms with E-state index in [0.29, 0.717) is 17.6 Å². The third kappa shape index (κ3) is 8.17. The van der Waals surface area contributed by atoms with E-state index in [1.807, 2.05) is 37.4 Å². The van der Waals surface area contributed by atoms with Crippen LogP contribution in [-0.4, -0.2) is 44.5 Å². The topological polar surface area (TPSA) is 44.4 Å². The summed E-state index contributed by atoms with van der Waals surface area (Å²) in [7, 11) is 5.80. The molecule has 1 aliphatic rings. The van der Waals surface area contributed by atoms with E-state index < -0.39 is 0 Å². The van der Waals surface area contributed by atoms with Gasteiger partial charge in [0, 0.05) is 25.2 Å². The van der Waals surface area contributed by atoms with Crippen LogP contribution in [0, 0.1) is 0 Å². The number of hydrogen-bond acceptors (Lipinski definition) is 3. The average Bonchev–Trinajstić information content (AvgIpc) is 2.83. The summed E-state index contributed by atoms with van der Waals surface area (Å²) in [5.41, 5.74) is 2.65. The molecule has 0 saturated heterocycles. The van der Waals surface area contributed by atoms with Crippen molar-refractivity contribution < 1.29 is 4.79 Å². The highest BCUT2D eigenvalue weighted by molar-refractivity contribution is 5.98. The Morgan fingerprint density at radius 3 is 2.85 bits per heavy atom. The Bertz CT molecular complexity index is 621. The second kappa shape index (κ2) is 12.1. The molecule has 4 nitrogen and oxygen atoms in total. The van der Waals surface area contributed by atoms with Crippen molar-refractivity contribution in [2.45, 2.75) is 32.2 Å². The number of allylic oxidation sites excluding steroid dienone is 5. The number of nitrogens with one attached hydrogen (secondary N) is 2. The number of hydrogen-bond donors (Lipinski definition) is 2. The quantitative estimate of drug-likeness (QED) is 0.378. The predicted octanol–water partition coefficient (Wildman–Crippen LogP) is 3.49. The van der Waals surface area contributed by atoms with Crippen LogP contribution < -0.4 is 10.6 Å². The van der Waals surface area contributed by atoms with Gasteiger partial charge in [-0.25, -0.2) is 0 Å². The van der Waals surface area contributed by atoms with Crippen molar-refractivity contribution in [3.05, 3.63) is 72.0 Å². The predicted molar refractivity (Wildman–Crippen MR) is 112 cm³/mol. The van der Waals surface area contributed by atoms with Crippen LogP contribution in [0.25, 0.3) is 0 Å². The summed E-state index contributed by atoms with van der Waals surface area (Å²) in [5.74, 6) is -0.115. The van der Waals surface area contributed by atoms with Gasteiger partial charge < -0.3 is 15.5 Å². The first-order valence-corrected chi connectivity index (χ1v) is 9.15. The number of carbonyl (C=O) groups excluding carboxylic acids is 1. The minimum absolute atomic E-state index is 0.115. The van der Waals surface area contributed by atoms with Crippen molar-refractivity contribution in [3.63, 3.8) is 0 Å². The van der Waals surface area contributed by atoms with Crippen LogP contribution in [0.15, 0.2) is 72.0 Å². The van der Waals surface area contributed by atoms with E-state index in [9.17, 15) is 4.79 Å². The van der Waals surface area contributed by atoms with Gasteiger partial charge in [-0.15, -0.1) is 0 Å². The fraction of sp³-hybridized carbons (Fsp3) is 0.409. The Labute approximate surface area is 158 Å². The van der Waals surface area contributed by atoms with Gasteiger partial charge in [0.1, 0.15) is 0 Å². The van der Waals surface area contributed by atoms with Gasteiger partial charge in [0.05, 0.1) is 0 Å². The first-order chi connectivity index (χ1) is 12.5. The van der Waals surface area contributed by atoms with Crippen LogP contribution in [0.4, 0.5) is 0 Å². The van der Waals surface area contributed by atoms with Crippen LogP contribution in [0.2, 0.25) is 0 Å². The zero-order valence-electron chi connectivity index (χ0n) is 16.6. The zero-order valence-corrected chi connectivity index (χ0v) is 16.6. The maximum Gasteiger partial charge on any atom is 0.251 e. The van der Waals surface area contributed by atoms with Crippen molar-refractivity contribution in [1.29, 1.82) is 0 Å². The molecule has 4 heteroatoms. The van der Waals surface area contributed by atoms with E-state index in [1.165, 1.54) is 5.57 Å². The van der Waals surface area contributed by atoms with Gasteiger partial charge >= 0.3 is 0 Å². The smallest absolute Gasteiger partial charge is 0.251 e. The average molecular weight is 356 g/mol. The minimum atomic E-state index is -0.115. The summed E-state index contributed by atoms with van der Waals surface area (Å²) in [5, 5.41) is 6.07. The Hall–Kier alpha value is -2.33. The third-order valence-corrected chi connectivity index (χ3v) is 4.03. The van der Waals surface area contributed by atoms with Crippen LogP contribution in [0.1, 0.15) is 26.2 Å². The lowest BCUT2D eigenvalue weighted by atomic mass is 10.1. The van der Waals surface area contributed by atoms with Crippen molar-refractivity contribution in [2.24, 2.45) is 0 Å². The molecule has 1 rings (SSSR count). The molecule has 0 bridgehead atoms. The van der Waals surface area contributed by atoms with Crippen LogP contribution >= 0.6 is 0 Å². The minimum Gasteiger partial charge on any atom is -0.385 e. The molecular weight excluding hydrogens is 322 g/mol. The molecule has 0 radical (unpaired) electrons. The Kier molecular flexibility index (Phi) is 10.1. The lowest BCUT2D eigenvalue weighted by Crippen LogP contribution is -2.22. The van der Waals surface area contributed by atoms with Crippen LogP contribution in [-0.2, 0) is 4.79 Å². The largest absolute Gasteiger partial charge is 0.385 e. The number of amides is 1. The Balaban J connectivity index is 2.64. The SMILES string of the molecule is C=C(/C=C/NC1C=CC(CN(C)C)=CCC1)/C(=C\C/C=C\C)C(=O)NC. The van der Waals surface area contributed by atoms with Gasteiger partial charge in [-0.05, 0) is 63.7 Å². The van der Waals surface area contributed by atoms with Crippen LogP contribution in [0.5, 0.6) is 0 Å². The van der Waals surface area contributed by atoms with Gasteiger partial charge in [-0.3, -0.25) is 4.79 Å². The Morgan fingerprint density at radius 1 is 1.42 bits per heavy atom. The maximum atomic E-state index is 12.0. The highest BCUT2D eigenvalue weighted by atomic mass is 16.1. The molecule has 1 aliphatic carbocycles. The summed E-state index contributed by atoms with van der Waals surface area (Å²) in [6, 6.07) is 0.283. The molecule has 0 heterocycles. The summed E-state index contributed by atoms with van der Waals surface area (Å²) in [4.78, 5) is 14.2. The molecule has 1 unspecified atom stereocenters. The van der Waals surface area contributed by atoms with E-state index in [-0.39, 0.29) is 11.9 Å². The first-order valence-electron chi connectivity index (χ1n) is 9.15. The van der Waals surface area contributed by atoms with E-state index >= 15 is 0 Å². The molecule has 0 aromatic carbocycles. The van der Waals surface area contributed by atoms with Gasteiger partial charge in [-0.2, -0.15) is 0 Å². The second-order valence-electron chi connectivity index (χ2n) is 6.59. The molecule has 2 N–H and O–H groups in total. The number of nitrogens with zero attached hydrogens (tertiary/aromatic N) is 1. The van der Waals surface area contributed by atoms with Crippen molar-refractivity contribution in [3.8, 4) is 0 Å². The van der Waals surface area contributed by atoms with E-state index in [4.69, 9.17) is 0 Å². The second-order valence-corrected chi connectivity index (χ2v) is 6.59. The molecule has 1 atom stereocenters. The molecule has 26 heavy (non-hydrogen) atoms. The fourth-order valence-electron chi connectivity index (χ4n) is 2.66. The molecule has 0 saturated carbocycles. The molecule has 0 fully saturated rings. The summed E-state index contributed by atoms with van der Waals surface area (Å²) >= 11 is 0. The number of likely N-dealkylation sites (N-methyl/N-ethyl adjacent to an activating group) is 2. The first kappa shape index (κ1) is 21.7. The number of rotatable bonds is 9. The van der Waals surface area contributed by atoms with E-state index in [0.717, 1.165) is 19.4 Å². The van der Waals surface area contributed by atoms with E-state index in [1.54, 1.807) is 7.05 Å². The molecule has 1 amide bonds. The lowest BCUT2D eigenvalue weighted by molar-refractivity contribution is -0.116. The molecular formula is C22H33N3O. The summed E-state index contributed by atoms with van der Waals surface area (Å²) < 4.78 is 0. The van der Waals surface area contributed by atoms with Gasteiger partial charge in [-0.1, -0.05) is 43.0 Å².